The van der Waals surface area contributed by atoms with Gasteiger partial charge in [-0.2, -0.15) is 0 Å². The number of carboxylic acids is 1. The third-order valence-electron chi connectivity index (χ3n) is 2.09. The highest BCUT2D eigenvalue weighted by atomic mass is 16.4. The summed E-state index contributed by atoms with van der Waals surface area (Å²) >= 11 is 0. The molecule has 0 aromatic heterocycles. The Labute approximate surface area is 76.0 Å². The molecule has 0 heterocycles. The molecule has 0 saturated carbocycles. The van der Waals surface area contributed by atoms with E-state index in [9.17, 15) is 4.79 Å². The van der Waals surface area contributed by atoms with E-state index >= 15 is 0 Å². The van der Waals surface area contributed by atoms with Gasteiger partial charge >= 0.3 is 5.97 Å². The third-order valence-corrected chi connectivity index (χ3v) is 2.09. The van der Waals surface area contributed by atoms with E-state index in [0.717, 1.165) is 12.8 Å². The number of aliphatic carboxylic acids is 1. The lowest BCUT2D eigenvalue weighted by Gasteiger charge is -2.15. The van der Waals surface area contributed by atoms with E-state index in [4.69, 9.17) is 5.11 Å². The second-order valence-electron chi connectivity index (χ2n) is 2.74. The van der Waals surface area contributed by atoms with Crippen LogP contribution < -0.4 is 0 Å². The lowest BCUT2D eigenvalue weighted by Crippen LogP contribution is -2.19. The molecule has 0 aromatic rings. The van der Waals surface area contributed by atoms with Crippen molar-refractivity contribution in [2.45, 2.75) is 47.5 Å². The molecule has 0 fully saturated rings. The van der Waals surface area contributed by atoms with Crippen LogP contribution in [0.25, 0.3) is 0 Å². The molecule has 0 radical (unpaired) electrons. The van der Waals surface area contributed by atoms with Gasteiger partial charge in [0.15, 0.2) is 0 Å². The van der Waals surface area contributed by atoms with Crippen LogP contribution in [-0.2, 0) is 4.79 Å². The highest BCUT2D eigenvalue weighted by molar-refractivity contribution is 5.70. The van der Waals surface area contributed by atoms with Gasteiger partial charge in [0.1, 0.15) is 0 Å². The third kappa shape index (κ3) is 5.16. The van der Waals surface area contributed by atoms with Gasteiger partial charge in [-0.3, -0.25) is 4.79 Å². The molecule has 0 aromatic carbocycles. The topological polar surface area (TPSA) is 37.3 Å². The molecule has 1 N–H and O–H groups in total. The molecule has 0 aliphatic carbocycles. The quantitative estimate of drug-likeness (QED) is 0.710. The molecule has 2 heteroatoms. The monoisotopic (exact) mass is 174 g/mol. The fourth-order valence-corrected chi connectivity index (χ4v) is 1.10. The molecule has 0 aliphatic rings. The van der Waals surface area contributed by atoms with Gasteiger partial charge in [0.05, 0.1) is 5.92 Å². The second-order valence-corrected chi connectivity index (χ2v) is 2.74. The van der Waals surface area contributed by atoms with E-state index < -0.39 is 5.97 Å². The van der Waals surface area contributed by atoms with Crippen molar-refractivity contribution in [2.24, 2.45) is 11.8 Å². The van der Waals surface area contributed by atoms with Crippen LogP contribution in [0.5, 0.6) is 0 Å². The van der Waals surface area contributed by atoms with Crippen molar-refractivity contribution in [1.82, 2.24) is 0 Å². The predicted octanol–water partition coefficient (Wildman–Crippen LogP) is 3.17. The molecule has 0 bridgehead atoms. The van der Waals surface area contributed by atoms with Gasteiger partial charge in [-0.15, -0.1) is 0 Å². The molecule has 74 valence electrons. The molecule has 0 amide bonds. The molecule has 0 saturated heterocycles. The number of rotatable bonds is 4. The molecule has 2 atom stereocenters. The number of carbonyl (C=O) groups is 1. The van der Waals surface area contributed by atoms with Crippen molar-refractivity contribution in [3.05, 3.63) is 0 Å². The first-order chi connectivity index (χ1) is 5.63. The van der Waals surface area contributed by atoms with Crippen molar-refractivity contribution >= 4 is 5.97 Å². The summed E-state index contributed by atoms with van der Waals surface area (Å²) in [6.45, 7) is 9.93. The minimum Gasteiger partial charge on any atom is -0.481 e. The summed E-state index contributed by atoms with van der Waals surface area (Å²) in [5.74, 6) is -0.496. The van der Waals surface area contributed by atoms with Gasteiger partial charge in [-0.05, 0) is 12.3 Å². The van der Waals surface area contributed by atoms with E-state index in [2.05, 4.69) is 0 Å². The Kier molecular flexibility index (Phi) is 10.0. The van der Waals surface area contributed by atoms with E-state index in [1.807, 2.05) is 34.6 Å². The van der Waals surface area contributed by atoms with Crippen molar-refractivity contribution in [3.8, 4) is 0 Å². The summed E-state index contributed by atoms with van der Waals surface area (Å²) in [5.41, 5.74) is 0. The SMILES string of the molecule is CC.CCC(C)C(CC)C(=O)O. The first-order valence-electron chi connectivity index (χ1n) is 4.86. The van der Waals surface area contributed by atoms with E-state index in [1.165, 1.54) is 0 Å². The average Bonchev–Trinajstić information content (AvgIpc) is 2.08. The standard InChI is InChI=1S/C8H16O2.C2H6/c1-4-6(3)7(5-2)8(9)10;1-2/h6-7H,4-5H2,1-3H3,(H,9,10);1-2H3. The second kappa shape index (κ2) is 8.57. The Hall–Kier alpha value is -0.530. The lowest BCUT2D eigenvalue weighted by molar-refractivity contribution is -0.143. The fourth-order valence-electron chi connectivity index (χ4n) is 1.10. The summed E-state index contributed by atoms with van der Waals surface area (Å²) in [7, 11) is 0. The number of hydrogen-bond acceptors (Lipinski definition) is 1. The molecular weight excluding hydrogens is 152 g/mol. The van der Waals surface area contributed by atoms with E-state index in [1.54, 1.807) is 0 Å². The lowest BCUT2D eigenvalue weighted by atomic mass is 9.90. The largest absolute Gasteiger partial charge is 0.481 e. The summed E-state index contributed by atoms with van der Waals surface area (Å²) < 4.78 is 0. The van der Waals surface area contributed by atoms with Gasteiger partial charge in [0, 0.05) is 0 Å². The van der Waals surface area contributed by atoms with Gasteiger partial charge in [0.25, 0.3) is 0 Å². The maximum absolute atomic E-state index is 10.5. The van der Waals surface area contributed by atoms with Crippen LogP contribution in [0.15, 0.2) is 0 Å². The predicted molar refractivity (Wildman–Crippen MR) is 52.2 cm³/mol. The van der Waals surface area contributed by atoms with Gasteiger partial charge in [0.2, 0.25) is 0 Å². The molecule has 2 nitrogen and oxygen atoms in total. The average molecular weight is 174 g/mol. The minimum atomic E-state index is -0.656. The van der Waals surface area contributed by atoms with Crippen LogP contribution in [0.3, 0.4) is 0 Å². The summed E-state index contributed by atoms with van der Waals surface area (Å²) in [6, 6.07) is 0. The molecule has 12 heavy (non-hydrogen) atoms. The Morgan fingerprint density at radius 1 is 1.25 bits per heavy atom. The van der Waals surface area contributed by atoms with E-state index in [0.29, 0.717) is 5.92 Å². The zero-order chi connectivity index (χ0) is 10.1. The van der Waals surface area contributed by atoms with Crippen LogP contribution >= 0.6 is 0 Å². The molecular formula is C10H22O2. The number of carboxylic acid groups (broad SMARTS) is 1. The van der Waals surface area contributed by atoms with Crippen LogP contribution in [0.2, 0.25) is 0 Å². The first kappa shape index (κ1) is 14.0. The summed E-state index contributed by atoms with van der Waals surface area (Å²) in [5, 5.41) is 8.67. The van der Waals surface area contributed by atoms with Gasteiger partial charge in [-0.1, -0.05) is 41.0 Å². The first-order valence-corrected chi connectivity index (χ1v) is 4.86. The number of hydrogen-bond donors (Lipinski definition) is 1. The maximum atomic E-state index is 10.5. The Morgan fingerprint density at radius 2 is 1.67 bits per heavy atom. The van der Waals surface area contributed by atoms with Crippen LogP contribution in [0, 0.1) is 11.8 Å². The van der Waals surface area contributed by atoms with Crippen LogP contribution in [0.1, 0.15) is 47.5 Å². The highest BCUT2D eigenvalue weighted by Crippen LogP contribution is 2.18. The maximum Gasteiger partial charge on any atom is 0.306 e. The molecule has 0 aliphatic heterocycles. The summed E-state index contributed by atoms with van der Waals surface area (Å²) in [4.78, 5) is 10.5. The Balaban J connectivity index is 0. The van der Waals surface area contributed by atoms with Crippen LogP contribution in [-0.4, -0.2) is 11.1 Å². The fraction of sp³-hybridized carbons (Fsp3) is 0.900. The smallest absolute Gasteiger partial charge is 0.306 e. The Morgan fingerprint density at radius 3 is 1.75 bits per heavy atom. The van der Waals surface area contributed by atoms with Crippen LogP contribution in [0.4, 0.5) is 0 Å². The van der Waals surface area contributed by atoms with Gasteiger partial charge in [-0.25, -0.2) is 0 Å². The van der Waals surface area contributed by atoms with Crippen molar-refractivity contribution in [3.63, 3.8) is 0 Å². The molecule has 2 unspecified atom stereocenters. The normalized spacial score (nSPS) is 14.1. The van der Waals surface area contributed by atoms with Crippen molar-refractivity contribution < 1.29 is 9.90 Å². The van der Waals surface area contributed by atoms with Crippen molar-refractivity contribution in [1.29, 1.82) is 0 Å². The zero-order valence-electron chi connectivity index (χ0n) is 8.92. The highest BCUT2D eigenvalue weighted by Gasteiger charge is 2.20. The van der Waals surface area contributed by atoms with Crippen molar-refractivity contribution in [2.75, 3.05) is 0 Å². The summed E-state index contributed by atoms with van der Waals surface area (Å²) in [6.07, 6.45) is 1.69. The van der Waals surface area contributed by atoms with E-state index in [-0.39, 0.29) is 5.92 Å². The molecule has 0 rings (SSSR count). The minimum absolute atomic E-state index is 0.148. The van der Waals surface area contributed by atoms with Gasteiger partial charge < -0.3 is 5.11 Å². The zero-order valence-corrected chi connectivity index (χ0v) is 8.92. The molecule has 0 spiro atoms. The Bertz CT molecular complexity index is 110.